The van der Waals surface area contributed by atoms with E-state index in [9.17, 15) is 5.11 Å². The lowest BCUT2D eigenvalue weighted by Crippen LogP contribution is -2.29. The van der Waals surface area contributed by atoms with Crippen molar-refractivity contribution in [3.8, 4) is 0 Å². The van der Waals surface area contributed by atoms with Crippen LogP contribution in [0.2, 0.25) is 5.02 Å². The van der Waals surface area contributed by atoms with Gasteiger partial charge in [-0.3, -0.25) is 4.68 Å². The zero-order valence-corrected chi connectivity index (χ0v) is 11.9. The quantitative estimate of drug-likeness (QED) is 0.915. The first kappa shape index (κ1) is 13.8. The molecule has 18 heavy (non-hydrogen) atoms. The number of hydrogen-bond donors (Lipinski definition) is 1. The monoisotopic (exact) mass is 272 g/mol. The Balaban J connectivity index is 2.09. The second-order valence-corrected chi connectivity index (χ2v) is 5.37. The molecule has 0 bridgehead atoms. The summed E-state index contributed by atoms with van der Waals surface area (Å²) in [4.78, 5) is 0. The first-order valence-corrected chi connectivity index (χ1v) is 6.96. The molecule has 0 aliphatic carbocycles. The third-order valence-corrected chi connectivity index (χ3v) is 4.04. The predicted octanol–water partition coefficient (Wildman–Crippen LogP) is 2.34. The molecule has 2 rings (SSSR count). The molecule has 1 aromatic heterocycles. The van der Waals surface area contributed by atoms with Crippen molar-refractivity contribution in [1.29, 1.82) is 0 Å². The van der Waals surface area contributed by atoms with Crippen molar-refractivity contribution in [2.75, 3.05) is 0 Å². The van der Waals surface area contributed by atoms with Gasteiger partial charge < -0.3 is 9.84 Å². The van der Waals surface area contributed by atoms with Crippen LogP contribution >= 0.6 is 11.6 Å². The molecule has 1 fully saturated rings. The number of aryl methyl sites for hydroxylation is 2. The van der Waals surface area contributed by atoms with Crippen molar-refractivity contribution in [2.24, 2.45) is 0 Å². The summed E-state index contributed by atoms with van der Waals surface area (Å²) in [6, 6.07) is 0. The summed E-state index contributed by atoms with van der Waals surface area (Å²) >= 11 is 6.24. The van der Waals surface area contributed by atoms with Gasteiger partial charge in [-0.15, -0.1) is 0 Å². The molecule has 1 aromatic rings. The van der Waals surface area contributed by atoms with Gasteiger partial charge in [0, 0.05) is 13.0 Å². The van der Waals surface area contributed by atoms with Crippen LogP contribution in [0.4, 0.5) is 0 Å². The number of aromatic nitrogens is 2. The molecule has 1 aliphatic rings. The van der Waals surface area contributed by atoms with Gasteiger partial charge in [-0.25, -0.2) is 0 Å². The highest BCUT2D eigenvalue weighted by Crippen LogP contribution is 2.27. The summed E-state index contributed by atoms with van der Waals surface area (Å²) in [5.41, 5.74) is 1.73. The van der Waals surface area contributed by atoms with E-state index < -0.39 is 6.10 Å². The number of ether oxygens (including phenoxy) is 1. The number of aliphatic hydroxyl groups excluding tert-OH is 1. The number of aliphatic hydroxyl groups is 1. The van der Waals surface area contributed by atoms with Gasteiger partial charge in [-0.1, -0.05) is 11.6 Å². The average Bonchev–Trinajstić information content (AvgIpc) is 2.88. The normalized spacial score (nSPS) is 25.6. The maximum atomic E-state index is 10.2. The molecule has 4 nitrogen and oxygen atoms in total. The molecular formula is C13H21ClN2O2. The van der Waals surface area contributed by atoms with Crippen LogP contribution in [0.25, 0.3) is 0 Å². The highest BCUT2D eigenvalue weighted by molar-refractivity contribution is 6.31. The molecular weight excluding hydrogens is 252 g/mol. The van der Waals surface area contributed by atoms with Crippen LogP contribution in [0.15, 0.2) is 0 Å². The molecule has 1 aliphatic heterocycles. The highest BCUT2D eigenvalue weighted by Gasteiger charge is 2.30. The molecule has 0 amide bonds. The zero-order chi connectivity index (χ0) is 13.3. The topological polar surface area (TPSA) is 47.3 Å². The fraction of sp³-hybridized carbons (Fsp3) is 0.769. The van der Waals surface area contributed by atoms with E-state index >= 15 is 0 Å². The standard InChI is InChI=1S/C13H21ClN2O2/c1-4-16-10(13(14)9(3)15-16)7-11(17)12-6-5-8(2)18-12/h8,11-12,17H,4-7H2,1-3H3. The molecule has 102 valence electrons. The van der Waals surface area contributed by atoms with Crippen molar-refractivity contribution in [1.82, 2.24) is 9.78 Å². The Morgan fingerprint density at radius 3 is 2.83 bits per heavy atom. The predicted molar refractivity (Wildman–Crippen MR) is 70.9 cm³/mol. The van der Waals surface area contributed by atoms with E-state index in [2.05, 4.69) is 5.10 Å². The largest absolute Gasteiger partial charge is 0.390 e. The minimum atomic E-state index is -0.506. The maximum absolute atomic E-state index is 10.2. The van der Waals surface area contributed by atoms with E-state index in [1.807, 2.05) is 25.5 Å². The van der Waals surface area contributed by atoms with Gasteiger partial charge in [-0.05, 0) is 33.6 Å². The first-order valence-electron chi connectivity index (χ1n) is 6.58. The summed E-state index contributed by atoms with van der Waals surface area (Å²) in [7, 11) is 0. The Labute approximate surface area is 113 Å². The molecule has 0 saturated carbocycles. The van der Waals surface area contributed by atoms with Gasteiger partial charge in [-0.2, -0.15) is 5.10 Å². The maximum Gasteiger partial charge on any atom is 0.0857 e. The van der Waals surface area contributed by atoms with Gasteiger partial charge in [0.05, 0.1) is 34.7 Å². The third kappa shape index (κ3) is 2.71. The second kappa shape index (κ2) is 5.59. The summed E-state index contributed by atoms with van der Waals surface area (Å²) in [5.74, 6) is 0. The molecule has 1 N–H and O–H groups in total. The van der Waals surface area contributed by atoms with E-state index in [-0.39, 0.29) is 12.2 Å². The van der Waals surface area contributed by atoms with Crippen LogP contribution in [0.5, 0.6) is 0 Å². The number of rotatable bonds is 4. The lowest BCUT2D eigenvalue weighted by molar-refractivity contribution is -0.0285. The Hall–Kier alpha value is -0.580. The van der Waals surface area contributed by atoms with Crippen LogP contribution < -0.4 is 0 Å². The van der Waals surface area contributed by atoms with Gasteiger partial charge in [0.1, 0.15) is 0 Å². The van der Waals surface area contributed by atoms with Crippen molar-refractivity contribution in [2.45, 2.75) is 64.9 Å². The smallest absolute Gasteiger partial charge is 0.0857 e. The summed E-state index contributed by atoms with van der Waals surface area (Å²) in [6.45, 7) is 6.71. The Morgan fingerprint density at radius 1 is 1.56 bits per heavy atom. The van der Waals surface area contributed by atoms with Crippen LogP contribution in [0, 0.1) is 6.92 Å². The van der Waals surface area contributed by atoms with E-state index in [1.54, 1.807) is 0 Å². The number of nitrogens with zero attached hydrogens (tertiary/aromatic N) is 2. The Bertz CT molecular complexity index is 419. The van der Waals surface area contributed by atoms with E-state index in [0.29, 0.717) is 11.4 Å². The summed E-state index contributed by atoms with van der Waals surface area (Å²) in [5, 5.41) is 15.3. The molecule has 0 aromatic carbocycles. The van der Waals surface area contributed by atoms with Crippen LogP contribution in [-0.2, 0) is 17.7 Å². The fourth-order valence-corrected chi connectivity index (χ4v) is 2.72. The van der Waals surface area contributed by atoms with Crippen molar-refractivity contribution >= 4 is 11.6 Å². The molecule has 5 heteroatoms. The minimum absolute atomic E-state index is 0.0726. The second-order valence-electron chi connectivity index (χ2n) is 5.00. The molecule has 1 saturated heterocycles. The number of hydrogen-bond acceptors (Lipinski definition) is 3. The van der Waals surface area contributed by atoms with Gasteiger partial charge in [0.2, 0.25) is 0 Å². The van der Waals surface area contributed by atoms with E-state index in [0.717, 1.165) is 30.8 Å². The zero-order valence-electron chi connectivity index (χ0n) is 11.2. The average molecular weight is 273 g/mol. The van der Waals surface area contributed by atoms with Gasteiger partial charge in [0.15, 0.2) is 0 Å². The highest BCUT2D eigenvalue weighted by atomic mass is 35.5. The van der Waals surface area contributed by atoms with Crippen molar-refractivity contribution in [3.63, 3.8) is 0 Å². The lowest BCUT2D eigenvalue weighted by atomic mass is 10.1. The third-order valence-electron chi connectivity index (χ3n) is 3.55. The van der Waals surface area contributed by atoms with Crippen LogP contribution in [0.3, 0.4) is 0 Å². The molecule has 2 heterocycles. The van der Waals surface area contributed by atoms with E-state index in [1.165, 1.54) is 0 Å². The Morgan fingerprint density at radius 2 is 2.28 bits per heavy atom. The van der Waals surface area contributed by atoms with Gasteiger partial charge >= 0.3 is 0 Å². The fourth-order valence-electron chi connectivity index (χ4n) is 2.51. The van der Waals surface area contributed by atoms with Crippen LogP contribution in [0.1, 0.15) is 38.1 Å². The molecule has 0 radical (unpaired) electrons. The minimum Gasteiger partial charge on any atom is -0.390 e. The lowest BCUT2D eigenvalue weighted by Gasteiger charge is -2.19. The van der Waals surface area contributed by atoms with Crippen molar-refractivity contribution < 1.29 is 9.84 Å². The molecule has 3 unspecified atom stereocenters. The summed E-state index contributed by atoms with van der Waals surface area (Å²) < 4.78 is 7.55. The van der Waals surface area contributed by atoms with Crippen molar-refractivity contribution in [3.05, 3.63) is 16.4 Å². The SMILES string of the molecule is CCn1nc(C)c(Cl)c1CC(O)C1CCC(C)O1. The van der Waals surface area contributed by atoms with Crippen LogP contribution in [-0.4, -0.2) is 33.2 Å². The molecule has 3 atom stereocenters. The Kier molecular flexibility index (Phi) is 4.30. The molecule has 0 spiro atoms. The number of halogens is 1. The van der Waals surface area contributed by atoms with Gasteiger partial charge in [0.25, 0.3) is 0 Å². The first-order chi connectivity index (χ1) is 8.52. The summed E-state index contributed by atoms with van der Waals surface area (Å²) in [6.07, 6.45) is 2.11. The van der Waals surface area contributed by atoms with E-state index in [4.69, 9.17) is 16.3 Å².